The molecule has 0 heterocycles. The van der Waals surface area contributed by atoms with E-state index in [0.29, 0.717) is 3.74 Å². The van der Waals surface area contributed by atoms with E-state index in [1.54, 1.807) is 0 Å². The van der Waals surface area contributed by atoms with E-state index < -0.39 is 0 Å². The molecule has 1 fully saturated rings. The number of halogens is 2. The molecule has 1 rings (SSSR count). The first-order valence-corrected chi connectivity index (χ1v) is 9.91. The van der Waals surface area contributed by atoms with Gasteiger partial charge in [-0.15, -0.1) is 0 Å². The Kier molecular flexibility index (Phi) is 10.0. The van der Waals surface area contributed by atoms with Gasteiger partial charge in [-0.1, -0.05) is 51.1 Å². The molecule has 0 aromatic rings. The van der Waals surface area contributed by atoms with Gasteiger partial charge in [0, 0.05) is 18.6 Å². The summed E-state index contributed by atoms with van der Waals surface area (Å²) in [6, 6.07) is 0. The van der Waals surface area contributed by atoms with E-state index >= 15 is 0 Å². The summed E-state index contributed by atoms with van der Waals surface area (Å²) in [6.07, 6.45) is 9.11. The van der Waals surface area contributed by atoms with Crippen molar-refractivity contribution in [1.29, 1.82) is 0 Å². The van der Waals surface area contributed by atoms with E-state index in [1.807, 2.05) is 0 Å². The van der Waals surface area contributed by atoms with E-state index in [9.17, 15) is 0 Å². The first-order valence-electron chi connectivity index (χ1n) is 8.08. The van der Waals surface area contributed by atoms with Gasteiger partial charge in [-0.25, -0.2) is 0 Å². The maximum Gasteiger partial charge on any atom is 0.0698 e. The van der Waals surface area contributed by atoms with Crippen LogP contribution in [0.5, 0.6) is 0 Å². The highest BCUT2D eigenvalue weighted by atomic mass is 79.9. The van der Waals surface area contributed by atoms with Crippen molar-refractivity contribution in [3.05, 3.63) is 0 Å². The number of hydrogen-bond donors (Lipinski definition) is 0. The largest absolute Gasteiger partial charge is 0.381 e. The fraction of sp³-hybridized carbons (Fsp3) is 1.00. The summed E-state index contributed by atoms with van der Waals surface area (Å²) < 4.78 is 12.1. The van der Waals surface area contributed by atoms with E-state index in [-0.39, 0.29) is 5.41 Å². The predicted octanol–water partition coefficient (Wildman–Crippen LogP) is 5.52. The minimum absolute atomic E-state index is 0.201. The molecule has 0 bridgehead atoms. The van der Waals surface area contributed by atoms with Crippen LogP contribution >= 0.6 is 31.9 Å². The standard InChI is InChI=1S/C16H30Br2O2/c1-3-19-12-16(13-20-4-2,11-10-15(17)18)14-8-6-5-7-9-14/h14-15H,3-13H2,1-2H3. The first-order chi connectivity index (χ1) is 9.64. The van der Waals surface area contributed by atoms with Crippen molar-refractivity contribution in [2.75, 3.05) is 26.4 Å². The first kappa shape index (κ1) is 18.9. The van der Waals surface area contributed by atoms with Gasteiger partial charge < -0.3 is 9.47 Å². The molecule has 0 radical (unpaired) electrons. The summed E-state index contributed by atoms with van der Waals surface area (Å²) in [6.45, 7) is 7.47. The molecule has 0 aromatic carbocycles. The Bertz CT molecular complexity index is 233. The third-order valence-corrected chi connectivity index (χ3v) is 5.43. The van der Waals surface area contributed by atoms with Gasteiger partial charge in [0.05, 0.1) is 17.0 Å². The fourth-order valence-corrected chi connectivity index (χ4v) is 3.81. The van der Waals surface area contributed by atoms with Crippen molar-refractivity contribution in [3.63, 3.8) is 0 Å². The molecule has 0 saturated heterocycles. The molecule has 1 aliphatic rings. The van der Waals surface area contributed by atoms with Crippen LogP contribution in [0, 0.1) is 11.3 Å². The summed E-state index contributed by atoms with van der Waals surface area (Å²) in [4.78, 5) is 0. The van der Waals surface area contributed by atoms with E-state index in [1.165, 1.54) is 38.5 Å². The molecule has 0 amide bonds. The maximum atomic E-state index is 5.87. The highest BCUT2D eigenvalue weighted by Gasteiger charge is 2.39. The molecular weight excluding hydrogens is 384 g/mol. The smallest absolute Gasteiger partial charge is 0.0698 e. The number of ether oxygens (including phenoxy) is 2. The molecule has 1 aliphatic carbocycles. The summed E-state index contributed by atoms with van der Waals surface area (Å²) in [7, 11) is 0. The summed E-state index contributed by atoms with van der Waals surface area (Å²) in [5.74, 6) is 0.757. The molecule has 0 aliphatic heterocycles. The van der Waals surface area contributed by atoms with Crippen LogP contribution < -0.4 is 0 Å². The van der Waals surface area contributed by atoms with Crippen LogP contribution in [-0.4, -0.2) is 30.2 Å². The minimum Gasteiger partial charge on any atom is -0.381 e. The van der Waals surface area contributed by atoms with Gasteiger partial charge in [0.1, 0.15) is 0 Å². The second kappa shape index (κ2) is 10.6. The van der Waals surface area contributed by atoms with Crippen LogP contribution in [0.3, 0.4) is 0 Å². The second-order valence-corrected chi connectivity index (χ2v) is 9.34. The van der Waals surface area contributed by atoms with Crippen LogP contribution in [0.1, 0.15) is 58.8 Å². The average molecular weight is 414 g/mol. The Morgan fingerprint density at radius 3 is 2.00 bits per heavy atom. The number of alkyl halides is 2. The second-order valence-electron chi connectivity index (χ2n) is 5.90. The van der Waals surface area contributed by atoms with Crippen LogP contribution in [0.4, 0.5) is 0 Å². The number of rotatable bonds is 10. The molecule has 0 spiro atoms. The molecule has 0 aromatic heterocycles. The third kappa shape index (κ3) is 6.33. The van der Waals surface area contributed by atoms with E-state index in [2.05, 4.69) is 45.7 Å². The molecule has 20 heavy (non-hydrogen) atoms. The van der Waals surface area contributed by atoms with Crippen LogP contribution in [0.2, 0.25) is 0 Å². The number of hydrogen-bond acceptors (Lipinski definition) is 2. The monoisotopic (exact) mass is 412 g/mol. The van der Waals surface area contributed by atoms with Crippen LogP contribution in [0.15, 0.2) is 0 Å². The molecule has 2 nitrogen and oxygen atoms in total. The van der Waals surface area contributed by atoms with E-state index in [4.69, 9.17) is 9.47 Å². The quantitative estimate of drug-likeness (QED) is 0.438. The molecule has 0 N–H and O–H groups in total. The lowest BCUT2D eigenvalue weighted by atomic mass is 9.67. The van der Waals surface area contributed by atoms with Gasteiger partial charge >= 0.3 is 0 Å². The zero-order valence-corrected chi connectivity index (χ0v) is 16.2. The summed E-state index contributed by atoms with van der Waals surface area (Å²) in [5.41, 5.74) is 0.201. The van der Waals surface area contributed by atoms with Gasteiger partial charge in [-0.3, -0.25) is 0 Å². The summed E-state index contributed by atoms with van der Waals surface area (Å²) in [5, 5.41) is 0. The van der Waals surface area contributed by atoms with Crippen molar-refractivity contribution in [2.45, 2.75) is 62.5 Å². The van der Waals surface area contributed by atoms with Crippen molar-refractivity contribution < 1.29 is 9.47 Å². The molecular formula is C16H30Br2O2. The van der Waals surface area contributed by atoms with Gasteiger partial charge in [-0.2, -0.15) is 0 Å². The van der Waals surface area contributed by atoms with Crippen LogP contribution in [0.25, 0.3) is 0 Å². The highest BCUT2D eigenvalue weighted by molar-refractivity contribution is 9.24. The SMILES string of the molecule is CCOCC(CCC(Br)Br)(COCC)C1CCCCC1. The predicted molar refractivity (Wildman–Crippen MR) is 92.9 cm³/mol. The van der Waals surface area contributed by atoms with Gasteiger partial charge in [0.15, 0.2) is 0 Å². The Hall–Kier alpha value is 0.880. The summed E-state index contributed by atoms with van der Waals surface area (Å²) >= 11 is 7.24. The van der Waals surface area contributed by atoms with Crippen molar-refractivity contribution in [1.82, 2.24) is 0 Å². The maximum absolute atomic E-state index is 5.87. The van der Waals surface area contributed by atoms with Crippen molar-refractivity contribution in [2.24, 2.45) is 11.3 Å². The molecule has 0 unspecified atom stereocenters. The molecule has 4 heteroatoms. The van der Waals surface area contributed by atoms with Crippen molar-refractivity contribution in [3.8, 4) is 0 Å². The Morgan fingerprint density at radius 2 is 1.55 bits per heavy atom. The average Bonchev–Trinajstić information content (AvgIpc) is 2.48. The third-order valence-electron chi connectivity index (χ3n) is 4.52. The minimum atomic E-state index is 0.201. The lowest BCUT2D eigenvalue weighted by molar-refractivity contribution is -0.0655. The van der Waals surface area contributed by atoms with Crippen LogP contribution in [-0.2, 0) is 9.47 Å². The lowest BCUT2D eigenvalue weighted by Crippen LogP contribution is -2.41. The zero-order chi connectivity index (χ0) is 14.8. The van der Waals surface area contributed by atoms with Crippen molar-refractivity contribution >= 4 is 31.9 Å². The lowest BCUT2D eigenvalue weighted by Gasteiger charge is -2.42. The molecule has 1 saturated carbocycles. The molecule has 120 valence electrons. The van der Waals surface area contributed by atoms with Gasteiger partial charge in [0.25, 0.3) is 0 Å². The Morgan fingerprint density at radius 1 is 1.00 bits per heavy atom. The Balaban J connectivity index is 2.77. The highest BCUT2D eigenvalue weighted by Crippen LogP contribution is 2.43. The van der Waals surface area contributed by atoms with Gasteiger partial charge in [0.2, 0.25) is 0 Å². The van der Waals surface area contributed by atoms with Gasteiger partial charge in [-0.05, 0) is 45.4 Å². The zero-order valence-electron chi connectivity index (χ0n) is 13.0. The Labute approximate surface area is 141 Å². The normalized spacial score (nSPS) is 17.9. The fourth-order valence-electron chi connectivity index (χ4n) is 3.35. The molecule has 0 atom stereocenters. The topological polar surface area (TPSA) is 18.5 Å². The van der Waals surface area contributed by atoms with E-state index in [0.717, 1.165) is 38.8 Å².